The van der Waals surface area contributed by atoms with E-state index in [-0.39, 0.29) is 25.0 Å². The third kappa shape index (κ3) is 2.68. The van der Waals surface area contributed by atoms with Gasteiger partial charge in [0.1, 0.15) is 6.04 Å². The number of aliphatic hydroxyl groups is 1. The van der Waals surface area contributed by atoms with Gasteiger partial charge in [-0.3, -0.25) is 0 Å². The smallest absolute Gasteiger partial charge is 0.326 e. The van der Waals surface area contributed by atoms with E-state index in [2.05, 4.69) is 6.92 Å². The number of nitrogens with zero attached hydrogens (tertiary/aromatic N) is 2. The Morgan fingerprint density at radius 2 is 1.89 bits per heavy atom. The molecule has 19 heavy (non-hydrogen) atoms. The van der Waals surface area contributed by atoms with Crippen molar-refractivity contribution >= 4 is 12.0 Å². The van der Waals surface area contributed by atoms with Gasteiger partial charge in [-0.1, -0.05) is 6.92 Å². The minimum Gasteiger partial charge on any atom is -0.480 e. The van der Waals surface area contributed by atoms with Crippen LogP contribution in [0.2, 0.25) is 0 Å². The number of urea groups is 1. The lowest BCUT2D eigenvalue weighted by Crippen LogP contribution is -2.54. The number of aliphatic hydroxyl groups excluding tert-OH is 1. The first kappa shape index (κ1) is 14.1. The van der Waals surface area contributed by atoms with Crippen molar-refractivity contribution < 1.29 is 19.8 Å². The quantitative estimate of drug-likeness (QED) is 0.736. The molecule has 2 N–H and O–H groups in total. The molecule has 2 rings (SSSR count). The number of β-amino-alcohol motifs (C(OH)–C–C–N with tert-alkyl or cyclic N) is 1. The Labute approximate surface area is 113 Å². The molecule has 0 aromatic heterocycles. The number of carbonyl (C=O) groups excluding carboxylic acids is 1. The Morgan fingerprint density at radius 1 is 1.21 bits per heavy atom. The average Bonchev–Trinajstić information content (AvgIpc) is 2.74. The fraction of sp³-hybridized carbons (Fsp3) is 0.846. The van der Waals surface area contributed by atoms with Crippen LogP contribution in [0.1, 0.15) is 33.1 Å². The molecular formula is C13H22N2O4. The maximum absolute atomic E-state index is 12.5. The van der Waals surface area contributed by atoms with E-state index in [0.717, 1.165) is 12.8 Å². The van der Waals surface area contributed by atoms with Gasteiger partial charge in [0.25, 0.3) is 0 Å². The zero-order chi connectivity index (χ0) is 14.2. The molecule has 0 aliphatic carbocycles. The Balaban J connectivity index is 2.11. The van der Waals surface area contributed by atoms with E-state index in [1.165, 1.54) is 4.90 Å². The van der Waals surface area contributed by atoms with Crippen LogP contribution in [0.25, 0.3) is 0 Å². The Kier molecular flexibility index (Phi) is 3.99. The van der Waals surface area contributed by atoms with Crippen molar-refractivity contribution in [3.05, 3.63) is 0 Å². The summed E-state index contributed by atoms with van der Waals surface area (Å²) in [5, 5.41) is 18.8. The van der Waals surface area contributed by atoms with Crippen LogP contribution in [0, 0.1) is 5.92 Å². The van der Waals surface area contributed by atoms with Crippen molar-refractivity contribution in [3.63, 3.8) is 0 Å². The first-order valence-electron chi connectivity index (χ1n) is 6.90. The second-order valence-electron chi connectivity index (χ2n) is 5.73. The van der Waals surface area contributed by atoms with Crippen molar-refractivity contribution in [1.29, 1.82) is 0 Å². The van der Waals surface area contributed by atoms with E-state index in [9.17, 15) is 14.7 Å². The zero-order valence-corrected chi connectivity index (χ0v) is 11.5. The highest BCUT2D eigenvalue weighted by Gasteiger charge is 2.42. The first-order valence-corrected chi connectivity index (χ1v) is 6.90. The highest BCUT2D eigenvalue weighted by atomic mass is 16.4. The normalized spacial score (nSPS) is 35.5. The third-order valence-corrected chi connectivity index (χ3v) is 4.43. The summed E-state index contributed by atoms with van der Waals surface area (Å²) in [5.74, 6) is -0.615. The van der Waals surface area contributed by atoms with Crippen LogP contribution in [0.15, 0.2) is 0 Å². The molecule has 0 bridgehead atoms. The van der Waals surface area contributed by atoms with Crippen molar-refractivity contribution in [2.75, 3.05) is 13.1 Å². The molecule has 4 atom stereocenters. The van der Waals surface area contributed by atoms with Crippen molar-refractivity contribution in [1.82, 2.24) is 9.80 Å². The lowest BCUT2D eigenvalue weighted by atomic mass is 9.92. The van der Waals surface area contributed by atoms with E-state index in [1.54, 1.807) is 4.90 Å². The molecule has 0 saturated carbocycles. The largest absolute Gasteiger partial charge is 0.480 e. The molecule has 2 heterocycles. The van der Waals surface area contributed by atoms with Gasteiger partial charge in [-0.2, -0.15) is 0 Å². The molecule has 108 valence electrons. The molecule has 0 aromatic rings. The van der Waals surface area contributed by atoms with Gasteiger partial charge >= 0.3 is 12.0 Å². The molecule has 0 radical (unpaired) electrons. The van der Waals surface area contributed by atoms with Gasteiger partial charge in [-0.15, -0.1) is 0 Å². The predicted octanol–water partition coefficient (Wildman–Crippen LogP) is 0.747. The van der Waals surface area contributed by atoms with Crippen LogP contribution >= 0.6 is 0 Å². The number of amides is 2. The van der Waals surface area contributed by atoms with Gasteiger partial charge in [-0.05, 0) is 25.7 Å². The lowest BCUT2D eigenvalue weighted by molar-refractivity contribution is -0.141. The molecule has 2 aliphatic rings. The van der Waals surface area contributed by atoms with Crippen LogP contribution in [-0.4, -0.2) is 63.3 Å². The number of hydrogen-bond donors (Lipinski definition) is 2. The fourth-order valence-corrected chi connectivity index (χ4v) is 3.03. The number of likely N-dealkylation sites (tertiary alicyclic amines) is 2. The Hall–Kier alpha value is -1.30. The van der Waals surface area contributed by atoms with Crippen LogP contribution < -0.4 is 0 Å². The summed E-state index contributed by atoms with van der Waals surface area (Å²) in [7, 11) is 0. The van der Waals surface area contributed by atoms with Crippen molar-refractivity contribution in [3.8, 4) is 0 Å². The lowest BCUT2D eigenvalue weighted by Gasteiger charge is -2.40. The minimum atomic E-state index is -1.04. The first-order chi connectivity index (χ1) is 8.91. The number of rotatable bonds is 1. The molecule has 6 nitrogen and oxygen atoms in total. The van der Waals surface area contributed by atoms with E-state index in [4.69, 9.17) is 5.11 Å². The summed E-state index contributed by atoms with van der Waals surface area (Å²) in [4.78, 5) is 26.7. The highest BCUT2D eigenvalue weighted by Crippen LogP contribution is 2.27. The second kappa shape index (κ2) is 5.36. The molecule has 2 saturated heterocycles. The second-order valence-corrected chi connectivity index (χ2v) is 5.73. The molecule has 6 heteroatoms. The number of piperidine rings is 1. The molecule has 2 amide bonds. The summed E-state index contributed by atoms with van der Waals surface area (Å²) in [6.45, 7) is 4.90. The van der Waals surface area contributed by atoms with Gasteiger partial charge in [0.15, 0.2) is 0 Å². The number of hydrogen-bond acceptors (Lipinski definition) is 3. The van der Waals surface area contributed by atoms with Crippen molar-refractivity contribution in [2.24, 2.45) is 5.92 Å². The summed E-state index contributed by atoms with van der Waals surface area (Å²) in [5.41, 5.74) is 0. The van der Waals surface area contributed by atoms with Gasteiger partial charge < -0.3 is 20.0 Å². The molecule has 0 aromatic carbocycles. The van der Waals surface area contributed by atoms with E-state index in [1.807, 2.05) is 6.92 Å². The minimum absolute atomic E-state index is 0.118. The van der Waals surface area contributed by atoms with Gasteiger partial charge in [0.05, 0.1) is 6.10 Å². The van der Waals surface area contributed by atoms with Gasteiger partial charge in [0, 0.05) is 25.6 Å². The Bertz CT molecular complexity index is 374. The van der Waals surface area contributed by atoms with Crippen LogP contribution in [0.3, 0.4) is 0 Å². The standard InChI is InChI=1S/C13H22N2O4/c1-8-4-3-5-14(9(8)2)13(19)15-7-10(16)6-11(15)12(17)18/h8-11,16H,3-7H2,1-2H3,(H,17,18)/t8?,9?,10-,11-/m0/s1. The summed E-state index contributed by atoms with van der Waals surface area (Å²) in [6, 6.07) is -1.02. The van der Waals surface area contributed by atoms with Gasteiger partial charge in [-0.25, -0.2) is 9.59 Å². The van der Waals surface area contributed by atoms with Crippen LogP contribution in [0.4, 0.5) is 4.79 Å². The summed E-state index contributed by atoms with van der Waals surface area (Å²) >= 11 is 0. The number of aliphatic carboxylic acids is 1. The maximum Gasteiger partial charge on any atom is 0.326 e. The van der Waals surface area contributed by atoms with Crippen LogP contribution in [0.5, 0.6) is 0 Å². The summed E-state index contributed by atoms with van der Waals surface area (Å²) in [6.07, 6.45) is 1.43. The molecular weight excluding hydrogens is 248 g/mol. The van der Waals surface area contributed by atoms with Gasteiger partial charge in [0.2, 0.25) is 0 Å². The fourth-order valence-electron chi connectivity index (χ4n) is 3.03. The monoisotopic (exact) mass is 270 g/mol. The molecule has 2 unspecified atom stereocenters. The SMILES string of the molecule is CC1CCCN(C(=O)N2C[C@@H](O)C[C@H]2C(=O)O)C1C. The average molecular weight is 270 g/mol. The molecule has 2 aliphatic heterocycles. The zero-order valence-electron chi connectivity index (χ0n) is 11.5. The maximum atomic E-state index is 12.5. The molecule has 0 spiro atoms. The topological polar surface area (TPSA) is 81.1 Å². The predicted molar refractivity (Wildman–Crippen MR) is 68.7 cm³/mol. The highest BCUT2D eigenvalue weighted by molar-refractivity contribution is 5.83. The number of carboxylic acid groups (broad SMARTS) is 1. The number of carboxylic acids is 1. The third-order valence-electron chi connectivity index (χ3n) is 4.43. The van der Waals surface area contributed by atoms with E-state index >= 15 is 0 Å². The van der Waals surface area contributed by atoms with E-state index in [0.29, 0.717) is 12.5 Å². The number of carbonyl (C=O) groups is 2. The molecule has 2 fully saturated rings. The Morgan fingerprint density at radius 3 is 2.53 bits per heavy atom. The van der Waals surface area contributed by atoms with Crippen LogP contribution in [-0.2, 0) is 4.79 Å². The van der Waals surface area contributed by atoms with Crippen molar-refractivity contribution in [2.45, 2.75) is 51.3 Å². The van der Waals surface area contributed by atoms with E-state index < -0.39 is 18.1 Å². The summed E-state index contributed by atoms with van der Waals surface area (Å²) < 4.78 is 0.